The first-order chi connectivity index (χ1) is 16.0. The smallest absolute Gasteiger partial charge is 0.335 e. The number of hydrogen-bond acceptors (Lipinski definition) is 3. The van der Waals surface area contributed by atoms with E-state index in [0.717, 1.165) is 11.1 Å². The number of fused-ring (bicyclic) bond motifs is 3. The van der Waals surface area contributed by atoms with Crippen molar-refractivity contribution in [1.82, 2.24) is 0 Å². The Kier molecular flexibility index (Phi) is 5.07. The zero-order valence-corrected chi connectivity index (χ0v) is 17.5. The quantitative estimate of drug-likeness (QED) is 0.387. The lowest BCUT2D eigenvalue weighted by Crippen LogP contribution is -2.15. The number of para-hydroxylation sites is 1. The number of aromatic carboxylic acids is 1. The van der Waals surface area contributed by atoms with Gasteiger partial charge in [-0.05, 0) is 34.9 Å². The molecule has 2 N–H and O–H groups in total. The van der Waals surface area contributed by atoms with E-state index >= 15 is 0 Å². The van der Waals surface area contributed by atoms with E-state index in [-0.39, 0.29) is 17.3 Å². The summed E-state index contributed by atoms with van der Waals surface area (Å²) in [5.74, 6) is -1.40. The number of rotatable bonds is 5. The van der Waals surface area contributed by atoms with Gasteiger partial charge in [-0.15, -0.1) is 0 Å². The predicted molar refractivity (Wildman–Crippen MR) is 126 cm³/mol. The summed E-state index contributed by atoms with van der Waals surface area (Å²) in [7, 11) is 0. The highest BCUT2D eigenvalue weighted by atomic mass is 16.4. The van der Waals surface area contributed by atoms with Gasteiger partial charge in [0.25, 0.3) is 5.91 Å². The molecule has 0 saturated carbocycles. The van der Waals surface area contributed by atoms with Crippen LogP contribution in [0.5, 0.6) is 0 Å². The van der Waals surface area contributed by atoms with E-state index in [1.165, 1.54) is 0 Å². The zero-order valence-electron chi connectivity index (χ0n) is 17.5. The summed E-state index contributed by atoms with van der Waals surface area (Å²) < 4.78 is 0. The van der Waals surface area contributed by atoms with Gasteiger partial charge in [0.1, 0.15) is 0 Å². The first-order valence-corrected chi connectivity index (χ1v) is 10.5. The van der Waals surface area contributed by atoms with Gasteiger partial charge in [0.05, 0.1) is 5.56 Å². The van der Waals surface area contributed by atoms with E-state index in [1.807, 2.05) is 36.4 Å². The average molecular weight is 433 g/mol. The Morgan fingerprint density at radius 2 is 1.27 bits per heavy atom. The maximum atomic E-state index is 13.4. The van der Waals surface area contributed by atoms with Gasteiger partial charge < -0.3 is 10.4 Å². The fourth-order valence-corrected chi connectivity index (χ4v) is 4.34. The Balaban J connectivity index is 1.50. The van der Waals surface area contributed by atoms with E-state index in [9.17, 15) is 19.5 Å². The molecule has 0 saturated heterocycles. The van der Waals surface area contributed by atoms with Crippen LogP contribution in [0, 0.1) is 0 Å². The molecule has 4 aromatic rings. The third-order valence-electron chi connectivity index (χ3n) is 5.89. The summed E-state index contributed by atoms with van der Waals surface area (Å²) in [6.45, 7) is 0. The zero-order chi connectivity index (χ0) is 22.9. The first kappa shape index (κ1) is 20.4. The van der Waals surface area contributed by atoms with Gasteiger partial charge in [-0.2, -0.15) is 0 Å². The minimum Gasteiger partial charge on any atom is -0.478 e. The summed E-state index contributed by atoms with van der Waals surface area (Å²) in [4.78, 5) is 37.7. The van der Waals surface area contributed by atoms with Crippen LogP contribution in [-0.4, -0.2) is 22.8 Å². The molecule has 160 valence electrons. The van der Waals surface area contributed by atoms with Gasteiger partial charge in [-0.3, -0.25) is 9.59 Å². The minimum atomic E-state index is -0.990. The number of carboxylic acid groups (broad SMARTS) is 1. The second-order valence-corrected chi connectivity index (χ2v) is 7.85. The molecule has 0 fully saturated rings. The lowest BCUT2D eigenvalue weighted by Gasteiger charge is -2.14. The molecule has 5 heteroatoms. The molecular formula is C28H19NO4. The maximum Gasteiger partial charge on any atom is 0.335 e. The van der Waals surface area contributed by atoms with E-state index in [2.05, 4.69) is 5.32 Å². The SMILES string of the molecule is O=C(O)c1ccccc1Cc1ccccc1NC(=O)c1cccc2c1-c1ccccc1C2=O. The van der Waals surface area contributed by atoms with Crippen LogP contribution in [0.25, 0.3) is 11.1 Å². The second kappa shape index (κ2) is 8.20. The van der Waals surface area contributed by atoms with Crippen molar-refractivity contribution in [3.05, 3.63) is 124 Å². The monoisotopic (exact) mass is 433 g/mol. The fourth-order valence-electron chi connectivity index (χ4n) is 4.34. The normalized spacial score (nSPS) is 11.6. The molecule has 0 aromatic heterocycles. The Labute approximate surface area is 190 Å². The molecule has 1 amide bonds. The van der Waals surface area contributed by atoms with Gasteiger partial charge in [-0.1, -0.05) is 72.8 Å². The highest BCUT2D eigenvalue weighted by Gasteiger charge is 2.30. The summed E-state index contributed by atoms with van der Waals surface area (Å²) in [5, 5.41) is 12.5. The van der Waals surface area contributed by atoms with E-state index in [1.54, 1.807) is 54.6 Å². The molecular weight excluding hydrogens is 414 g/mol. The summed E-state index contributed by atoms with van der Waals surface area (Å²) in [6.07, 6.45) is 0.354. The standard InChI is InChI=1S/C28H19NO4/c30-26-21-12-5-4-11-20(21)25-22(26)13-7-14-23(25)27(31)29-24-15-6-2-9-18(24)16-17-8-1-3-10-19(17)28(32)33/h1-15H,16H2,(H,29,31)(H,32,33). The molecule has 0 aliphatic heterocycles. The van der Waals surface area contributed by atoms with Crippen LogP contribution in [0.2, 0.25) is 0 Å². The molecule has 5 rings (SSSR count). The fraction of sp³-hybridized carbons (Fsp3) is 0.0357. The van der Waals surface area contributed by atoms with Crippen LogP contribution in [0.4, 0.5) is 5.69 Å². The first-order valence-electron chi connectivity index (χ1n) is 10.5. The van der Waals surface area contributed by atoms with Crippen molar-refractivity contribution in [2.45, 2.75) is 6.42 Å². The van der Waals surface area contributed by atoms with Crippen molar-refractivity contribution in [3.8, 4) is 11.1 Å². The largest absolute Gasteiger partial charge is 0.478 e. The highest BCUT2D eigenvalue weighted by molar-refractivity contribution is 6.25. The molecule has 0 radical (unpaired) electrons. The highest BCUT2D eigenvalue weighted by Crippen LogP contribution is 2.39. The molecule has 33 heavy (non-hydrogen) atoms. The van der Waals surface area contributed by atoms with Crippen molar-refractivity contribution in [3.63, 3.8) is 0 Å². The van der Waals surface area contributed by atoms with Crippen LogP contribution in [-0.2, 0) is 6.42 Å². The van der Waals surface area contributed by atoms with Gasteiger partial charge in [-0.25, -0.2) is 4.79 Å². The van der Waals surface area contributed by atoms with E-state index in [4.69, 9.17) is 0 Å². The number of hydrogen-bond donors (Lipinski definition) is 2. The van der Waals surface area contributed by atoms with Gasteiger partial charge in [0.2, 0.25) is 0 Å². The molecule has 0 atom stereocenters. The molecule has 0 bridgehead atoms. The van der Waals surface area contributed by atoms with E-state index < -0.39 is 5.97 Å². The summed E-state index contributed by atoms with van der Waals surface area (Å²) in [5.41, 5.74) is 5.22. The molecule has 0 unspecified atom stereocenters. The van der Waals surface area contributed by atoms with Gasteiger partial charge >= 0.3 is 5.97 Å². The molecule has 5 nitrogen and oxygen atoms in total. The minimum absolute atomic E-state index is 0.0825. The van der Waals surface area contributed by atoms with Crippen molar-refractivity contribution >= 4 is 23.3 Å². The molecule has 1 aliphatic rings. The molecule has 0 heterocycles. The lowest BCUT2D eigenvalue weighted by molar-refractivity contribution is 0.0695. The van der Waals surface area contributed by atoms with Crippen molar-refractivity contribution < 1.29 is 19.5 Å². The third-order valence-corrected chi connectivity index (χ3v) is 5.89. The Morgan fingerprint density at radius 1 is 0.667 bits per heavy atom. The third kappa shape index (κ3) is 3.59. The van der Waals surface area contributed by atoms with Gasteiger partial charge in [0.15, 0.2) is 5.78 Å². The van der Waals surface area contributed by atoms with Crippen LogP contribution < -0.4 is 5.32 Å². The van der Waals surface area contributed by atoms with Crippen molar-refractivity contribution in [2.24, 2.45) is 0 Å². The van der Waals surface area contributed by atoms with Crippen LogP contribution in [0.15, 0.2) is 91.0 Å². The molecule has 1 aliphatic carbocycles. The summed E-state index contributed by atoms with van der Waals surface area (Å²) in [6, 6.07) is 26.6. The number of nitrogens with one attached hydrogen (secondary N) is 1. The maximum absolute atomic E-state index is 13.4. The lowest BCUT2D eigenvalue weighted by atomic mass is 9.97. The number of carbonyl (C=O) groups is 3. The van der Waals surface area contributed by atoms with Gasteiger partial charge in [0, 0.05) is 34.4 Å². The predicted octanol–water partition coefficient (Wildman–Crippen LogP) is 5.44. The number of amides is 1. The number of anilines is 1. The van der Waals surface area contributed by atoms with Crippen LogP contribution in [0.1, 0.15) is 47.8 Å². The second-order valence-electron chi connectivity index (χ2n) is 7.85. The van der Waals surface area contributed by atoms with Crippen molar-refractivity contribution in [2.75, 3.05) is 5.32 Å². The van der Waals surface area contributed by atoms with Crippen LogP contribution >= 0.6 is 0 Å². The number of benzene rings is 4. The molecule has 4 aromatic carbocycles. The van der Waals surface area contributed by atoms with Crippen molar-refractivity contribution in [1.29, 1.82) is 0 Å². The summed E-state index contributed by atoms with van der Waals surface area (Å²) >= 11 is 0. The topological polar surface area (TPSA) is 83.5 Å². The Bertz CT molecular complexity index is 1440. The Hall–Kier alpha value is -4.51. The number of ketones is 1. The molecule has 0 spiro atoms. The average Bonchev–Trinajstić information content (AvgIpc) is 3.13. The number of carbonyl (C=O) groups excluding carboxylic acids is 2. The Morgan fingerprint density at radius 3 is 2.06 bits per heavy atom. The number of carboxylic acids is 1. The van der Waals surface area contributed by atoms with E-state index in [0.29, 0.717) is 39.9 Å². The van der Waals surface area contributed by atoms with Crippen LogP contribution in [0.3, 0.4) is 0 Å².